The number of halogens is 1. The molecule has 0 unspecified atom stereocenters. The topological polar surface area (TPSA) is 112 Å². The van der Waals surface area contributed by atoms with Gasteiger partial charge in [-0.3, -0.25) is 4.72 Å². The summed E-state index contributed by atoms with van der Waals surface area (Å²) < 4.78 is 33.4. The van der Waals surface area contributed by atoms with Gasteiger partial charge in [0.1, 0.15) is 5.75 Å². The normalized spacial score (nSPS) is 11.3. The molecule has 0 saturated carbocycles. The Kier molecular flexibility index (Phi) is 3.86. The fourth-order valence-electron chi connectivity index (χ4n) is 1.61. The first kappa shape index (κ1) is 14.6. The number of ether oxygens (including phenoxy) is 1. The van der Waals surface area contributed by atoms with Crippen LogP contribution in [0.2, 0.25) is 0 Å². The molecule has 0 spiro atoms. The maximum atomic E-state index is 12.3. The van der Waals surface area contributed by atoms with Crippen LogP contribution in [-0.2, 0) is 17.1 Å². The Morgan fingerprint density at radius 2 is 2.15 bits per heavy atom. The fraction of sp³-hybridized carbons (Fsp3) is 0.200. The summed E-state index contributed by atoms with van der Waals surface area (Å²) in [5.41, 5.74) is 6.29. The predicted molar refractivity (Wildman–Crippen MR) is 76.9 cm³/mol. The van der Waals surface area contributed by atoms with E-state index in [2.05, 4.69) is 31.0 Å². The molecule has 0 aliphatic carbocycles. The second-order valence-corrected chi connectivity index (χ2v) is 6.22. The highest BCUT2D eigenvalue weighted by atomic mass is 79.9. The minimum Gasteiger partial charge on any atom is -0.495 e. The minimum atomic E-state index is -3.88. The maximum Gasteiger partial charge on any atom is 0.282 e. The molecule has 108 valence electrons. The zero-order chi connectivity index (χ0) is 14.9. The Balaban J connectivity index is 2.46. The van der Waals surface area contributed by atoms with Gasteiger partial charge in [0.05, 0.1) is 12.8 Å². The number of nitrogen functional groups attached to an aromatic ring is 1. The lowest BCUT2D eigenvalue weighted by Gasteiger charge is -2.12. The van der Waals surface area contributed by atoms with Crippen molar-refractivity contribution in [1.29, 1.82) is 0 Å². The average Bonchev–Trinajstić information content (AvgIpc) is 2.69. The van der Waals surface area contributed by atoms with Gasteiger partial charge in [0.25, 0.3) is 10.0 Å². The van der Waals surface area contributed by atoms with E-state index < -0.39 is 10.0 Å². The van der Waals surface area contributed by atoms with E-state index in [4.69, 9.17) is 10.5 Å². The van der Waals surface area contributed by atoms with Crippen molar-refractivity contribution in [2.24, 2.45) is 7.05 Å². The first-order valence-electron chi connectivity index (χ1n) is 5.36. The molecule has 8 nitrogen and oxygen atoms in total. The zero-order valence-electron chi connectivity index (χ0n) is 10.7. The molecule has 0 fully saturated rings. The van der Waals surface area contributed by atoms with Gasteiger partial charge < -0.3 is 10.5 Å². The average molecular weight is 362 g/mol. The summed E-state index contributed by atoms with van der Waals surface area (Å²) in [4.78, 5) is 0. The highest BCUT2D eigenvalue weighted by Crippen LogP contribution is 2.29. The summed E-state index contributed by atoms with van der Waals surface area (Å²) in [6.45, 7) is 0. The largest absolute Gasteiger partial charge is 0.495 e. The molecule has 0 amide bonds. The molecule has 0 bridgehead atoms. The van der Waals surface area contributed by atoms with Crippen LogP contribution in [0.3, 0.4) is 0 Å². The molecular weight excluding hydrogens is 350 g/mol. The maximum absolute atomic E-state index is 12.3. The number of hydrogen-bond donors (Lipinski definition) is 2. The molecule has 0 atom stereocenters. The quantitative estimate of drug-likeness (QED) is 0.784. The molecule has 0 aliphatic rings. The van der Waals surface area contributed by atoms with E-state index >= 15 is 0 Å². The van der Waals surface area contributed by atoms with Crippen molar-refractivity contribution in [2.75, 3.05) is 17.6 Å². The highest BCUT2D eigenvalue weighted by molar-refractivity contribution is 9.10. The lowest BCUT2D eigenvalue weighted by molar-refractivity contribution is 0.417. The van der Waals surface area contributed by atoms with Gasteiger partial charge in [-0.05, 0) is 34.1 Å². The molecule has 2 rings (SSSR count). The van der Waals surface area contributed by atoms with E-state index in [9.17, 15) is 8.42 Å². The summed E-state index contributed by atoms with van der Waals surface area (Å²) in [6, 6.07) is 4.65. The van der Waals surface area contributed by atoms with Crippen molar-refractivity contribution < 1.29 is 13.2 Å². The minimum absolute atomic E-state index is 0.0954. The number of aromatic nitrogens is 3. The number of nitrogens with zero attached hydrogens (tertiary/aromatic N) is 3. The van der Waals surface area contributed by atoms with Gasteiger partial charge in [-0.25, -0.2) is 4.68 Å². The summed E-state index contributed by atoms with van der Waals surface area (Å²) in [6.07, 6.45) is 0. The monoisotopic (exact) mass is 361 g/mol. The lowest BCUT2D eigenvalue weighted by Crippen LogP contribution is -2.17. The number of sulfonamides is 1. The molecule has 3 N–H and O–H groups in total. The number of benzene rings is 1. The molecule has 2 aromatic rings. The van der Waals surface area contributed by atoms with E-state index in [1.54, 1.807) is 12.1 Å². The van der Waals surface area contributed by atoms with E-state index in [1.165, 1.54) is 20.2 Å². The summed E-state index contributed by atoms with van der Waals surface area (Å²) in [5, 5.41) is 7.17. The van der Waals surface area contributed by atoms with Gasteiger partial charge in [-0.1, -0.05) is 5.21 Å². The van der Waals surface area contributed by atoms with Gasteiger partial charge in [0.15, 0.2) is 4.60 Å². The first-order valence-corrected chi connectivity index (χ1v) is 7.64. The number of aryl methyl sites for hydroxylation is 1. The van der Waals surface area contributed by atoms with Crippen molar-refractivity contribution in [1.82, 2.24) is 15.0 Å². The molecule has 10 heteroatoms. The van der Waals surface area contributed by atoms with Crippen LogP contribution in [0.4, 0.5) is 11.4 Å². The second kappa shape index (κ2) is 5.29. The van der Waals surface area contributed by atoms with Crippen molar-refractivity contribution in [3.63, 3.8) is 0 Å². The molecule has 0 radical (unpaired) electrons. The van der Waals surface area contributed by atoms with Crippen LogP contribution in [0.1, 0.15) is 0 Å². The third kappa shape index (κ3) is 2.70. The van der Waals surface area contributed by atoms with Crippen molar-refractivity contribution >= 4 is 37.3 Å². The predicted octanol–water partition coefficient (Wildman–Crippen LogP) is 0.969. The van der Waals surface area contributed by atoms with Crippen LogP contribution < -0.4 is 15.2 Å². The van der Waals surface area contributed by atoms with E-state index in [-0.39, 0.29) is 15.3 Å². The zero-order valence-corrected chi connectivity index (χ0v) is 13.1. The number of methoxy groups -OCH3 is 1. The Labute approximate surface area is 124 Å². The number of nitrogens with two attached hydrogens (primary N) is 1. The number of hydrogen-bond acceptors (Lipinski definition) is 6. The third-order valence-corrected chi connectivity index (χ3v) is 4.71. The number of anilines is 2. The number of nitrogens with one attached hydrogen (secondary N) is 1. The summed E-state index contributed by atoms with van der Waals surface area (Å²) in [5.74, 6) is 0.356. The molecule has 1 heterocycles. The third-order valence-electron chi connectivity index (χ3n) is 2.46. The Hall–Kier alpha value is -1.81. The van der Waals surface area contributed by atoms with Crippen LogP contribution in [0.25, 0.3) is 0 Å². The Bertz CT molecular complexity index is 724. The highest BCUT2D eigenvalue weighted by Gasteiger charge is 2.25. The van der Waals surface area contributed by atoms with Gasteiger partial charge in [-0.2, -0.15) is 8.42 Å². The van der Waals surface area contributed by atoms with E-state index in [0.29, 0.717) is 11.4 Å². The second-order valence-electron chi connectivity index (χ2n) is 3.87. The Morgan fingerprint density at radius 3 is 2.70 bits per heavy atom. The van der Waals surface area contributed by atoms with Crippen molar-refractivity contribution in [2.45, 2.75) is 5.03 Å². The summed E-state index contributed by atoms with van der Waals surface area (Å²) >= 11 is 3.05. The molecule has 0 saturated heterocycles. The van der Waals surface area contributed by atoms with Gasteiger partial charge in [0.2, 0.25) is 5.03 Å². The molecule has 20 heavy (non-hydrogen) atoms. The fourth-order valence-corrected chi connectivity index (χ4v) is 3.77. The van der Waals surface area contributed by atoms with E-state index in [1.807, 2.05) is 0 Å². The van der Waals surface area contributed by atoms with Crippen molar-refractivity contribution in [3.05, 3.63) is 22.8 Å². The molecular formula is C10H12BrN5O3S. The number of rotatable bonds is 4. The van der Waals surface area contributed by atoms with Gasteiger partial charge >= 0.3 is 0 Å². The smallest absolute Gasteiger partial charge is 0.282 e. The van der Waals surface area contributed by atoms with Crippen LogP contribution in [0.15, 0.2) is 27.8 Å². The first-order chi connectivity index (χ1) is 9.35. The lowest BCUT2D eigenvalue weighted by atomic mass is 10.2. The summed E-state index contributed by atoms with van der Waals surface area (Å²) in [7, 11) is -0.965. The van der Waals surface area contributed by atoms with Crippen LogP contribution in [-0.4, -0.2) is 30.5 Å². The van der Waals surface area contributed by atoms with Gasteiger partial charge in [0, 0.05) is 12.7 Å². The van der Waals surface area contributed by atoms with Crippen LogP contribution in [0, 0.1) is 0 Å². The van der Waals surface area contributed by atoms with Crippen molar-refractivity contribution in [3.8, 4) is 5.75 Å². The SMILES string of the molecule is COc1ccc(N)cc1NS(=O)(=O)c1c(Br)nnn1C. The molecule has 0 aliphatic heterocycles. The standard InChI is InChI=1S/C10H12BrN5O3S/c1-16-10(9(11)13-15-16)20(17,18)14-7-5-6(12)3-4-8(7)19-2/h3-5,14H,12H2,1-2H3. The molecule has 1 aromatic carbocycles. The Morgan fingerprint density at radius 1 is 1.45 bits per heavy atom. The van der Waals surface area contributed by atoms with Crippen LogP contribution >= 0.6 is 15.9 Å². The van der Waals surface area contributed by atoms with Gasteiger partial charge in [-0.15, -0.1) is 5.10 Å². The molecule has 1 aromatic heterocycles. The van der Waals surface area contributed by atoms with E-state index in [0.717, 1.165) is 4.68 Å². The van der Waals surface area contributed by atoms with Crippen LogP contribution in [0.5, 0.6) is 5.75 Å².